The summed E-state index contributed by atoms with van der Waals surface area (Å²) in [6.45, 7) is 0.421. The fourth-order valence-electron chi connectivity index (χ4n) is 3.12. The number of hydrogen-bond acceptors (Lipinski definition) is 2. The smallest absolute Gasteiger partial charge is 0.220 e. The van der Waals surface area contributed by atoms with Crippen LogP contribution in [0.3, 0.4) is 0 Å². The first-order valence-electron chi connectivity index (χ1n) is 8.96. The van der Waals surface area contributed by atoms with Gasteiger partial charge in [-0.2, -0.15) is 0 Å². The number of hydrogen-bond donors (Lipinski definition) is 1. The van der Waals surface area contributed by atoms with Gasteiger partial charge in [0.15, 0.2) is 0 Å². The SMILES string of the molecule is O=C(CCc1cccc(OC2CCCC2)c1)NCc1ccc(F)cc1. The van der Waals surface area contributed by atoms with E-state index in [2.05, 4.69) is 5.32 Å². The minimum atomic E-state index is -0.269. The van der Waals surface area contributed by atoms with Crippen LogP contribution >= 0.6 is 0 Å². The second-order valence-corrected chi connectivity index (χ2v) is 6.57. The second kappa shape index (κ2) is 8.65. The van der Waals surface area contributed by atoms with E-state index in [0.717, 1.165) is 29.7 Å². The molecule has 1 amide bonds. The number of carbonyl (C=O) groups excluding carboxylic acids is 1. The Morgan fingerprint density at radius 3 is 2.60 bits per heavy atom. The molecular formula is C21H24FNO2. The van der Waals surface area contributed by atoms with E-state index in [1.54, 1.807) is 12.1 Å². The van der Waals surface area contributed by atoms with E-state index in [9.17, 15) is 9.18 Å². The predicted molar refractivity (Wildman–Crippen MR) is 95.9 cm³/mol. The summed E-state index contributed by atoms with van der Waals surface area (Å²) in [4.78, 5) is 12.0. The summed E-state index contributed by atoms with van der Waals surface area (Å²) in [5.41, 5.74) is 1.99. The van der Waals surface area contributed by atoms with Gasteiger partial charge in [0.25, 0.3) is 0 Å². The molecule has 4 heteroatoms. The van der Waals surface area contributed by atoms with Crippen molar-refractivity contribution in [1.29, 1.82) is 0 Å². The molecule has 0 bridgehead atoms. The number of rotatable bonds is 7. The zero-order valence-corrected chi connectivity index (χ0v) is 14.3. The van der Waals surface area contributed by atoms with Crippen LogP contribution < -0.4 is 10.1 Å². The summed E-state index contributed by atoms with van der Waals surface area (Å²) in [7, 11) is 0. The summed E-state index contributed by atoms with van der Waals surface area (Å²) < 4.78 is 18.9. The van der Waals surface area contributed by atoms with Crippen molar-refractivity contribution in [3.05, 3.63) is 65.5 Å². The molecule has 0 saturated heterocycles. The molecule has 0 unspecified atom stereocenters. The fourth-order valence-corrected chi connectivity index (χ4v) is 3.12. The van der Waals surface area contributed by atoms with Gasteiger partial charge in [-0.1, -0.05) is 24.3 Å². The van der Waals surface area contributed by atoms with E-state index in [1.807, 2.05) is 24.3 Å². The fraction of sp³-hybridized carbons (Fsp3) is 0.381. The van der Waals surface area contributed by atoms with Gasteiger partial charge in [0.2, 0.25) is 5.91 Å². The molecule has 0 radical (unpaired) electrons. The summed E-state index contributed by atoms with van der Waals surface area (Å²) >= 11 is 0. The molecule has 132 valence electrons. The number of halogens is 1. The first-order chi connectivity index (χ1) is 12.2. The van der Waals surface area contributed by atoms with Gasteiger partial charge in [0.1, 0.15) is 11.6 Å². The van der Waals surface area contributed by atoms with Crippen LogP contribution in [0, 0.1) is 5.82 Å². The highest BCUT2D eigenvalue weighted by atomic mass is 19.1. The molecule has 0 spiro atoms. The molecule has 0 aliphatic heterocycles. The van der Waals surface area contributed by atoms with Crippen molar-refractivity contribution in [3.8, 4) is 5.75 Å². The number of benzene rings is 2. The largest absolute Gasteiger partial charge is 0.490 e. The van der Waals surface area contributed by atoms with Crippen LogP contribution in [0.2, 0.25) is 0 Å². The Kier molecular flexibility index (Phi) is 6.04. The Hall–Kier alpha value is -2.36. The highest BCUT2D eigenvalue weighted by Crippen LogP contribution is 2.24. The van der Waals surface area contributed by atoms with Crippen LogP contribution in [-0.4, -0.2) is 12.0 Å². The maximum atomic E-state index is 12.9. The number of amides is 1. The number of ether oxygens (including phenoxy) is 1. The molecular weight excluding hydrogens is 317 g/mol. The quantitative estimate of drug-likeness (QED) is 0.811. The number of nitrogens with one attached hydrogen (secondary N) is 1. The molecule has 2 aromatic rings. The molecule has 1 aliphatic carbocycles. The summed E-state index contributed by atoms with van der Waals surface area (Å²) in [6.07, 6.45) is 6.21. The third kappa shape index (κ3) is 5.59. The van der Waals surface area contributed by atoms with Crippen LogP contribution in [0.4, 0.5) is 4.39 Å². The minimum Gasteiger partial charge on any atom is -0.490 e. The Labute approximate surface area is 148 Å². The summed E-state index contributed by atoms with van der Waals surface area (Å²) in [5.74, 6) is 0.623. The Morgan fingerprint density at radius 1 is 1.08 bits per heavy atom. The van der Waals surface area contributed by atoms with Crippen LogP contribution in [0.25, 0.3) is 0 Å². The zero-order chi connectivity index (χ0) is 17.5. The van der Waals surface area contributed by atoms with Crippen LogP contribution in [-0.2, 0) is 17.8 Å². The molecule has 1 aliphatic rings. The summed E-state index contributed by atoms with van der Waals surface area (Å²) in [6, 6.07) is 14.2. The van der Waals surface area contributed by atoms with E-state index >= 15 is 0 Å². The van der Waals surface area contributed by atoms with Crippen molar-refractivity contribution in [2.24, 2.45) is 0 Å². The van der Waals surface area contributed by atoms with E-state index in [-0.39, 0.29) is 11.7 Å². The van der Waals surface area contributed by atoms with Gasteiger partial charge >= 0.3 is 0 Å². The maximum absolute atomic E-state index is 12.9. The monoisotopic (exact) mass is 341 g/mol. The third-order valence-corrected chi connectivity index (χ3v) is 4.55. The first kappa shape index (κ1) is 17.5. The molecule has 0 heterocycles. The first-order valence-corrected chi connectivity index (χ1v) is 8.96. The highest BCUT2D eigenvalue weighted by Gasteiger charge is 2.16. The van der Waals surface area contributed by atoms with E-state index < -0.39 is 0 Å². The molecule has 25 heavy (non-hydrogen) atoms. The number of carbonyl (C=O) groups is 1. The standard InChI is InChI=1S/C21H24FNO2/c22-18-11-8-17(9-12-18)15-23-21(24)13-10-16-4-3-7-20(14-16)25-19-5-1-2-6-19/h3-4,7-9,11-12,14,19H,1-2,5-6,10,13,15H2,(H,23,24). The van der Waals surface area contributed by atoms with Gasteiger partial charge in [-0.05, 0) is 67.5 Å². The maximum Gasteiger partial charge on any atom is 0.220 e. The lowest BCUT2D eigenvalue weighted by molar-refractivity contribution is -0.121. The second-order valence-electron chi connectivity index (χ2n) is 6.57. The molecule has 3 nitrogen and oxygen atoms in total. The van der Waals surface area contributed by atoms with Gasteiger partial charge < -0.3 is 10.1 Å². The third-order valence-electron chi connectivity index (χ3n) is 4.55. The topological polar surface area (TPSA) is 38.3 Å². The molecule has 0 atom stereocenters. The Balaban J connectivity index is 1.44. The Morgan fingerprint density at radius 2 is 1.84 bits per heavy atom. The predicted octanol–water partition coefficient (Wildman–Crippen LogP) is 4.40. The molecule has 2 aromatic carbocycles. The lowest BCUT2D eigenvalue weighted by atomic mass is 10.1. The van der Waals surface area contributed by atoms with E-state index in [0.29, 0.717) is 25.5 Å². The van der Waals surface area contributed by atoms with Crippen molar-refractivity contribution < 1.29 is 13.9 Å². The highest BCUT2D eigenvalue weighted by molar-refractivity contribution is 5.76. The molecule has 3 rings (SSSR count). The minimum absolute atomic E-state index is 0.00793. The van der Waals surface area contributed by atoms with Crippen LogP contribution in [0.5, 0.6) is 5.75 Å². The number of aryl methyl sites for hydroxylation is 1. The zero-order valence-electron chi connectivity index (χ0n) is 14.3. The van der Waals surface area contributed by atoms with Crippen molar-refractivity contribution in [2.45, 2.75) is 51.2 Å². The summed E-state index contributed by atoms with van der Waals surface area (Å²) in [5, 5.41) is 2.87. The van der Waals surface area contributed by atoms with E-state index in [1.165, 1.54) is 25.0 Å². The average molecular weight is 341 g/mol. The van der Waals surface area contributed by atoms with Gasteiger partial charge in [0, 0.05) is 13.0 Å². The van der Waals surface area contributed by atoms with Crippen LogP contribution in [0.15, 0.2) is 48.5 Å². The van der Waals surface area contributed by atoms with Crippen LogP contribution in [0.1, 0.15) is 43.2 Å². The molecule has 0 aromatic heterocycles. The van der Waals surface area contributed by atoms with Gasteiger partial charge in [-0.15, -0.1) is 0 Å². The molecule has 1 saturated carbocycles. The normalized spacial score (nSPS) is 14.4. The lowest BCUT2D eigenvalue weighted by Crippen LogP contribution is -2.23. The average Bonchev–Trinajstić information content (AvgIpc) is 3.13. The molecule has 1 N–H and O–H groups in total. The molecule has 1 fully saturated rings. The lowest BCUT2D eigenvalue weighted by Gasteiger charge is -2.13. The van der Waals surface area contributed by atoms with Crippen molar-refractivity contribution in [2.75, 3.05) is 0 Å². The van der Waals surface area contributed by atoms with Gasteiger partial charge in [0.05, 0.1) is 6.10 Å². The Bertz CT molecular complexity index is 693. The van der Waals surface area contributed by atoms with Gasteiger partial charge in [-0.25, -0.2) is 4.39 Å². The van der Waals surface area contributed by atoms with E-state index in [4.69, 9.17) is 4.74 Å². The van der Waals surface area contributed by atoms with Crippen molar-refractivity contribution >= 4 is 5.91 Å². The van der Waals surface area contributed by atoms with Crippen molar-refractivity contribution in [1.82, 2.24) is 5.32 Å². The van der Waals surface area contributed by atoms with Crippen molar-refractivity contribution in [3.63, 3.8) is 0 Å². The van der Waals surface area contributed by atoms with Gasteiger partial charge in [-0.3, -0.25) is 4.79 Å².